The molecular weight excluding hydrogens is 191 g/mol. The first-order valence-corrected chi connectivity index (χ1v) is 0. The van der Waals surface area contributed by atoms with Crippen molar-refractivity contribution in [3.8, 4) is 0 Å². The fraction of sp³-hybridized carbons (Fsp3) is 1.00. The van der Waals surface area contributed by atoms with E-state index in [4.69, 9.17) is 0 Å². The maximum Gasteiger partial charge on any atom is 0 e. The Bertz CT molecular complexity index is 11.6. The maximum atomic E-state index is 0. The minimum Gasteiger partial charge on any atom is -0.0776 e. The van der Waals surface area contributed by atoms with E-state index in [0.29, 0.717) is 0 Å². The monoisotopic (exact) mass is 195 g/mol. The molecule has 23 valence electrons. The molecule has 0 fully saturated rings. The summed E-state index contributed by atoms with van der Waals surface area (Å²) in [4.78, 5) is 0. The molecule has 0 aliphatic rings. The normalized spacial score (nSPS) is 0. The second-order valence-corrected chi connectivity index (χ2v) is 0. The Morgan fingerprint density at radius 3 is 1.00 bits per heavy atom. The van der Waals surface area contributed by atoms with Crippen LogP contribution in [0.25, 0.3) is 0 Å². The van der Waals surface area contributed by atoms with Crippen LogP contribution in [0, 0.1) is 0 Å². The largest absolute Gasteiger partial charge is 0.0776 e. The molecule has 0 N–H and O–H groups in total. The molecule has 0 saturated heterocycles. The molecule has 0 aromatic rings. The Hall–Kier alpha value is 2.05. The molecular formula is CH4AlBNbTi. The van der Waals surface area contributed by atoms with Gasteiger partial charge in [-0.25, -0.2) is 0 Å². The van der Waals surface area contributed by atoms with E-state index in [-0.39, 0.29) is 77.3 Å². The topological polar surface area (TPSA) is 0 Å². The zero-order valence-corrected chi connectivity index (χ0v) is 7.02. The van der Waals surface area contributed by atoms with Gasteiger partial charge in [-0.05, 0) is 0 Å². The average molecular weight is 195 g/mol. The molecule has 0 aliphatic heterocycles. The fourth-order valence-electron chi connectivity index (χ4n) is 0. The number of rotatable bonds is 0. The van der Waals surface area contributed by atoms with Crippen LogP contribution in [-0.4, -0.2) is 25.8 Å². The zero-order chi connectivity index (χ0) is 0. The summed E-state index contributed by atoms with van der Waals surface area (Å²) in [6.45, 7) is 0. The van der Waals surface area contributed by atoms with Crippen molar-refractivity contribution in [1.82, 2.24) is 0 Å². The summed E-state index contributed by atoms with van der Waals surface area (Å²) < 4.78 is 0. The third-order valence-electron chi connectivity index (χ3n) is 0. The van der Waals surface area contributed by atoms with Gasteiger partial charge in [0.05, 0.1) is 0 Å². The first-order chi connectivity index (χ1) is 0. The van der Waals surface area contributed by atoms with E-state index in [1.165, 1.54) is 0 Å². The zero-order valence-electron chi connectivity index (χ0n) is 2.10. The summed E-state index contributed by atoms with van der Waals surface area (Å²) in [6, 6.07) is 0. The Morgan fingerprint density at radius 1 is 1.00 bits per heavy atom. The molecule has 0 heterocycles. The molecule has 0 aliphatic carbocycles. The van der Waals surface area contributed by atoms with Crippen molar-refractivity contribution < 1.29 is 44.1 Å². The molecule has 7 radical (unpaired) electrons. The smallest absolute Gasteiger partial charge is 0 e. The molecule has 0 aromatic heterocycles. The first-order valence-electron chi connectivity index (χ1n) is 0. The molecule has 0 atom stereocenters. The average Bonchev–Trinajstić information content (AvgIpc) is 0. The van der Waals surface area contributed by atoms with Crippen molar-refractivity contribution in [2.75, 3.05) is 0 Å². The van der Waals surface area contributed by atoms with Crippen molar-refractivity contribution in [3.05, 3.63) is 0 Å². The van der Waals surface area contributed by atoms with Crippen molar-refractivity contribution in [2.24, 2.45) is 0 Å². The quantitative estimate of drug-likeness (QED) is 0.472. The van der Waals surface area contributed by atoms with Crippen molar-refractivity contribution in [3.63, 3.8) is 0 Å². The summed E-state index contributed by atoms with van der Waals surface area (Å²) in [6.07, 6.45) is 0. The third-order valence-corrected chi connectivity index (χ3v) is 0. The molecule has 0 spiro atoms. The van der Waals surface area contributed by atoms with Gasteiger partial charge >= 0.3 is 0 Å². The molecule has 5 heavy (non-hydrogen) atoms. The summed E-state index contributed by atoms with van der Waals surface area (Å²) >= 11 is 0. The molecule has 0 unspecified atom stereocenters. The van der Waals surface area contributed by atoms with Crippen molar-refractivity contribution in [1.29, 1.82) is 0 Å². The van der Waals surface area contributed by atoms with Crippen molar-refractivity contribution >= 4 is 25.8 Å². The summed E-state index contributed by atoms with van der Waals surface area (Å²) in [7, 11) is 0. The van der Waals surface area contributed by atoms with Crippen LogP contribution in [0.1, 0.15) is 7.43 Å². The predicted octanol–water partition coefficient (Wildman–Crippen LogP) is -0.130. The van der Waals surface area contributed by atoms with E-state index in [9.17, 15) is 0 Å². The fourth-order valence-corrected chi connectivity index (χ4v) is 0. The summed E-state index contributed by atoms with van der Waals surface area (Å²) in [5, 5.41) is 0. The van der Waals surface area contributed by atoms with Crippen LogP contribution in [-0.2, 0) is 44.1 Å². The second kappa shape index (κ2) is 36.7. The molecule has 4 heteroatoms. The Balaban J connectivity index is 0. The Labute approximate surface area is 76.6 Å². The van der Waals surface area contributed by atoms with E-state index >= 15 is 0 Å². The SMILES string of the molecule is C.[Al].[B].[Nb].[Ti]. The third kappa shape index (κ3) is 23.6. The molecule has 0 bridgehead atoms. The first kappa shape index (κ1) is 61.3. The molecule has 0 amide bonds. The number of hydrogen-bond acceptors (Lipinski definition) is 0. The Morgan fingerprint density at radius 2 is 1.00 bits per heavy atom. The van der Waals surface area contributed by atoms with Gasteiger partial charge in [0.25, 0.3) is 0 Å². The second-order valence-electron chi connectivity index (χ2n) is 0. The van der Waals surface area contributed by atoms with E-state index in [1.807, 2.05) is 0 Å². The summed E-state index contributed by atoms with van der Waals surface area (Å²) in [5.74, 6) is 0. The van der Waals surface area contributed by atoms with Gasteiger partial charge in [0.15, 0.2) is 0 Å². The molecule has 0 nitrogen and oxygen atoms in total. The molecule has 0 rings (SSSR count). The number of hydrogen-bond donors (Lipinski definition) is 0. The minimum atomic E-state index is 0. The van der Waals surface area contributed by atoms with Gasteiger partial charge < -0.3 is 0 Å². The predicted molar refractivity (Wildman–Crippen MR) is 18.2 cm³/mol. The van der Waals surface area contributed by atoms with E-state index in [0.717, 1.165) is 0 Å². The van der Waals surface area contributed by atoms with Crippen LogP contribution in [0.2, 0.25) is 0 Å². The van der Waals surface area contributed by atoms with E-state index in [1.54, 1.807) is 0 Å². The van der Waals surface area contributed by atoms with Crippen LogP contribution in [0.15, 0.2) is 0 Å². The van der Waals surface area contributed by atoms with Gasteiger partial charge in [0.1, 0.15) is 0 Å². The van der Waals surface area contributed by atoms with Gasteiger partial charge in [0, 0.05) is 69.9 Å². The maximum absolute atomic E-state index is 0. The Kier molecular flexibility index (Phi) is 450. The standard InChI is InChI=1S/CH4.Al.B.Nb.Ti/h1H4;;;;. The van der Waals surface area contributed by atoms with Gasteiger partial charge in [-0.1, -0.05) is 7.43 Å². The molecule has 0 saturated carbocycles. The van der Waals surface area contributed by atoms with Crippen LogP contribution >= 0.6 is 0 Å². The van der Waals surface area contributed by atoms with E-state index in [2.05, 4.69) is 0 Å². The van der Waals surface area contributed by atoms with Crippen LogP contribution in [0.4, 0.5) is 0 Å². The van der Waals surface area contributed by atoms with Crippen LogP contribution < -0.4 is 0 Å². The van der Waals surface area contributed by atoms with Gasteiger partial charge in [-0.3, -0.25) is 0 Å². The summed E-state index contributed by atoms with van der Waals surface area (Å²) in [5.41, 5.74) is 0. The van der Waals surface area contributed by atoms with Crippen molar-refractivity contribution in [2.45, 2.75) is 7.43 Å². The van der Waals surface area contributed by atoms with E-state index < -0.39 is 0 Å². The molecule has 0 aromatic carbocycles. The van der Waals surface area contributed by atoms with Gasteiger partial charge in [0.2, 0.25) is 0 Å². The van der Waals surface area contributed by atoms with Gasteiger partial charge in [-0.15, -0.1) is 0 Å². The van der Waals surface area contributed by atoms with Crippen LogP contribution in [0.3, 0.4) is 0 Å². The van der Waals surface area contributed by atoms with Crippen LogP contribution in [0.5, 0.6) is 0 Å². The minimum absolute atomic E-state index is 0. The van der Waals surface area contributed by atoms with Gasteiger partial charge in [-0.2, -0.15) is 0 Å².